The van der Waals surface area contributed by atoms with Gasteiger partial charge < -0.3 is 24.8 Å². The Morgan fingerprint density at radius 3 is 2.14 bits per heavy atom. The van der Waals surface area contributed by atoms with E-state index in [1.165, 1.54) is 0 Å². The first-order valence-corrected chi connectivity index (χ1v) is 13.7. The van der Waals surface area contributed by atoms with Gasteiger partial charge in [0.15, 0.2) is 0 Å². The lowest BCUT2D eigenvalue weighted by atomic mass is 9.49. The van der Waals surface area contributed by atoms with Crippen LogP contribution in [0.1, 0.15) is 72.8 Å². The summed E-state index contributed by atoms with van der Waals surface area (Å²) >= 11 is 3.57. The third kappa shape index (κ3) is 5.32. The summed E-state index contributed by atoms with van der Waals surface area (Å²) in [7, 11) is 1.58. The van der Waals surface area contributed by atoms with E-state index in [4.69, 9.17) is 9.47 Å². The number of halogens is 1. The van der Waals surface area contributed by atoms with Crippen LogP contribution in [0.15, 0.2) is 22.7 Å². The van der Waals surface area contributed by atoms with Crippen molar-refractivity contribution in [1.82, 2.24) is 10.2 Å². The molecule has 1 saturated carbocycles. The van der Waals surface area contributed by atoms with Crippen molar-refractivity contribution in [3.05, 3.63) is 28.2 Å². The summed E-state index contributed by atoms with van der Waals surface area (Å²) in [5, 5.41) is 15.7. The number of ether oxygens (including phenoxy) is 2. The Hall–Kier alpha value is -1.64. The number of rotatable bonds is 4. The van der Waals surface area contributed by atoms with E-state index in [2.05, 4.69) is 42.0 Å². The normalized spacial score (nSPS) is 25.1. The molecule has 1 heterocycles. The molecule has 1 amide bonds. The largest absolute Gasteiger partial charge is 0.496 e. The van der Waals surface area contributed by atoms with Crippen molar-refractivity contribution in [2.24, 2.45) is 16.7 Å². The van der Waals surface area contributed by atoms with Crippen LogP contribution in [-0.2, 0) is 14.9 Å². The number of aliphatic hydroxyl groups is 1. The molecule has 0 radical (unpaired) electrons. The molecule has 1 aliphatic carbocycles. The maximum absolute atomic E-state index is 14.3. The lowest BCUT2D eigenvalue weighted by molar-refractivity contribution is -0.177. The highest BCUT2D eigenvalue weighted by Gasteiger charge is 2.65. The zero-order valence-corrected chi connectivity index (χ0v) is 24.5. The highest BCUT2D eigenvalue weighted by Crippen LogP contribution is 2.57. The second-order valence-electron chi connectivity index (χ2n) is 12.4. The quantitative estimate of drug-likeness (QED) is 0.381. The summed E-state index contributed by atoms with van der Waals surface area (Å²) in [6.45, 7) is 14.7. The Kier molecular flexibility index (Phi) is 8.53. The fourth-order valence-electron chi connectivity index (χ4n) is 6.32. The fourth-order valence-corrected chi connectivity index (χ4v) is 6.86. The molecule has 1 saturated heterocycles. The molecule has 1 aliphatic heterocycles. The van der Waals surface area contributed by atoms with E-state index in [1.54, 1.807) is 18.1 Å². The van der Waals surface area contributed by atoms with Gasteiger partial charge in [0.1, 0.15) is 11.2 Å². The molecular weight excluding hydrogens is 524 g/mol. The van der Waals surface area contributed by atoms with Crippen LogP contribution in [0.5, 0.6) is 5.75 Å². The number of nitrogens with one attached hydrogen (secondary N) is 1. The van der Waals surface area contributed by atoms with Crippen molar-refractivity contribution in [2.75, 3.05) is 33.3 Å². The van der Waals surface area contributed by atoms with Gasteiger partial charge >= 0.3 is 12.1 Å². The summed E-state index contributed by atoms with van der Waals surface area (Å²) in [5.74, 6) is 0.346. The minimum atomic E-state index is -1.48. The van der Waals surface area contributed by atoms with Crippen LogP contribution in [0.4, 0.5) is 4.79 Å². The monoisotopic (exact) mass is 566 g/mol. The molecule has 36 heavy (non-hydrogen) atoms. The predicted molar refractivity (Wildman–Crippen MR) is 144 cm³/mol. The number of amides is 1. The lowest BCUT2D eigenvalue weighted by Gasteiger charge is -2.56. The number of carbonyl (C=O) groups is 2. The van der Waals surface area contributed by atoms with E-state index in [9.17, 15) is 14.7 Å². The molecule has 2 fully saturated rings. The molecule has 1 unspecified atom stereocenters. The van der Waals surface area contributed by atoms with Gasteiger partial charge in [0, 0.05) is 26.2 Å². The molecular formula is C28H43BrN2O5. The van der Waals surface area contributed by atoms with Crippen LogP contribution in [0.25, 0.3) is 0 Å². The second kappa shape index (κ2) is 10.6. The molecule has 202 valence electrons. The van der Waals surface area contributed by atoms with Crippen LogP contribution in [-0.4, -0.2) is 61.0 Å². The van der Waals surface area contributed by atoms with E-state index in [0.717, 1.165) is 12.8 Å². The van der Waals surface area contributed by atoms with Gasteiger partial charge in [-0.25, -0.2) is 4.79 Å². The van der Waals surface area contributed by atoms with E-state index in [-0.39, 0.29) is 5.41 Å². The Labute approximate surface area is 224 Å². The Morgan fingerprint density at radius 1 is 1.08 bits per heavy atom. The summed E-state index contributed by atoms with van der Waals surface area (Å²) in [6, 6.07) is 5.43. The molecule has 1 aromatic rings. The van der Waals surface area contributed by atoms with E-state index in [1.807, 2.05) is 32.9 Å². The molecule has 0 spiro atoms. The summed E-state index contributed by atoms with van der Waals surface area (Å²) in [5.41, 5.74) is -2.94. The second-order valence-corrected chi connectivity index (χ2v) is 13.3. The maximum Gasteiger partial charge on any atom is 0.417 e. The molecule has 2 N–H and O–H groups in total. The number of esters is 1. The third-order valence-corrected chi connectivity index (χ3v) is 8.93. The van der Waals surface area contributed by atoms with Gasteiger partial charge in [-0.05, 0) is 76.1 Å². The molecule has 0 bridgehead atoms. The topological polar surface area (TPSA) is 88.1 Å². The van der Waals surface area contributed by atoms with Crippen molar-refractivity contribution >= 4 is 28.0 Å². The van der Waals surface area contributed by atoms with Gasteiger partial charge in [0.2, 0.25) is 0 Å². The first-order chi connectivity index (χ1) is 16.7. The standard InChI is InChI=1S/C28H43BrN2O5/c1-25(2,3)19-10-12-27(34,13-11-19)28(26(4,5)6,20-8-9-22(35-7)21(29)18-20)23(32)36-24(33)31-16-14-30-15-17-31/h8-9,18-19,30,34H,10-17H2,1-7H3. The summed E-state index contributed by atoms with van der Waals surface area (Å²) in [4.78, 5) is 29.0. The SMILES string of the molecule is COc1ccc(C(C(=O)OC(=O)N2CCNCC2)(C(C)(C)C)C2(O)CCC(C(C)(C)C)CC2)cc1Br. The van der Waals surface area contributed by atoms with E-state index < -0.39 is 28.5 Å². The fraction of sp³-hybridized carbons (Fsp3) is 0.714. The smallest absolute Gasteiger partial charge is 0.417 e. The van der Waals surface area contributed by atoms with Crippen molar-refractivity contribution < 1.29 is 24.2 Å². The third-order valence-electron chi connectivity index (χ3n) is 8.31. The highest BCUT2D eigenvalue weighted by molar-refractivity contribution is 9.10. The number of benzene rings is 1. The number of hydrogen-bond donors (Lipinski definition) is 2. The van der Waals surface area contributed by atoms with Crippen molar-refractivity contribution in [2.45, 2.75) is 78.2 Å². The van der Waals surface area contributed by atoms with Crippen LogP contribution in [0.2, 0.25) is 0 Å². The molecule has 8 heteroatoms. The predicted octanol–water partition coefficient (Wildman–Crippen LogP) is 5.28. The highest BCUT2D eigenvalue weighted by atomic mass is 79.9. The van der Waals surface area contributed by atoms with Crippen molar-refractivity contribution in [1.29, 1.82) is 0 Å². The van der Waals surface area contributed by atoms with Crippen LogP contribution in [0.3, 0.4) is 0 Å². The number of hydrogen-bond acceptors (Lipinski definition) is 6. The first kappa shape index (κ1) is 28.9. The number of piperazine rings is 1. The first-order valence-electron chi connectivity index (χ1n) is 13.0. The molecule has 7 nitrogen and oxygen atoms in total. The van der Waals surface area contributed by atoms with Crippen LogP contribution in [0, 0.1) is 16.7 Å². The molecule has 1 atom stereocenters. The van der Waals surface area contributed by atoms with Gasteiger partial charge in [-0.1, -0.05) is 47.6 Å². The molecule has 0 aromatic heterocycles. The zero-order chi connectivity index (χ0) is 26.9. The summed E-state index contributed by atoms with van der Waals surface area (Å²) < 4.78 is 11.8. The van der Waals surface area contributed by atoms with Crippen molar-refractivity contribution in [3.8, 4) is 5.75 Å². The van der Waals surface area contributed by atoms with Gasteiger partial charge in [-0.3, -0.25) is 4.79 Å². The number of carbonyl (C=O) groups excluding carboxylic acids is 2. The van der Waals surface area contributed by atoms with Gasteiger partial charge in [-0.2, -0.15) is 0 Å². The van der Waals surface area contributed by atoms with E-state index in [0.29, 0.717) is 60.7 Å². The van der Waals surface area contributed by atoms with Crippen LogP contribution >= 0.6 is 15.9 Å². The zero-order valence-electron chi connectivity index (χ0n) is 22.9. The van der Waals surface area contributed by atoms with E-state index >= 15 is 0 Å². The average Bonchev–Trinajstić information content (AvgIpc) is 2.78. The Bertz CT molecular complexity index is 954. The van der Waals surface area contributed by atoms with Crippen LogP contribution < -0.4 is 10.1 Å². The minimum Gasteiger partial charge on any atom is -0.496 e. The lowest BCUT2D eigenvalue weighted by Crippen LogP contribution is -2.65. The minimum absolute atomic E-state index is 0.105. The van der Waals surface area contributed by atoms with Crippen molar-refractivity contribution in [3.63, 3.8) is 0 Å². The number of methoxy groups -OCH3 is 1. The molecule has 1 aromatic carbocycles. The van der Waals surface area contributed by atoms with Gasteiger partial charge in [0.05, 0.1) is 17.2 Å². The maximum atomic E-state index is 14.3. The summed E-state index contributed by atoms with van der Waals surface area (Å²) in [6.07, 6.45) is 1.79. The van der Waals surface area contributed by atoms with Gasteiger partial charge in [0.25, 0.3) is 0 Å². The molecule has 2 aliphatic rings. The average molecular weight is 568 g/mol. The Morgan fingerprint density at radius 2 is 1.67 bits per heavy atom. The van der Waals surface area contributed by atoms with Gasteiger partial charge in [-0.15, -0.1) is 0 Å². The molecule has 3 rings (SSSR count). The number of nitrogens with zero attached hydrogens (tertiary/aromatic N) is 1. The Balaban J connectivity index is 2.13.